The van der Waals surface area contributed by atoms with Crippen LogP contribution in [-0.4, -0.2) is 29.3 Å². The third-order valence-corrected chi connectivity index (χ3v) is 2.28. The van der Waals surface area contributed by atoms with Gasteiger partial charge in [-0.2, -0.15) is 0 Å². The zero-order chi connectivity index (χ0) is 15.9. The topological polar surface area (TPSA) is 75.6 Å². The predicted octanol–water partition coefficient (Wildman–Crippen LogP) is 2.65. The van der Waals surface area contributed by atoms with Crippen LogP contribution in [0.25, 0.3) is 0 Å². The fraction of sp³-hybridized carbons (Fsp3) is 0.375. The number of hydrogen-bond donors (Lipinski definition) is 2. The first-order chi connectivity index (χ1) is 9.78. The first kappa shape index (κ1) is 16.6. The van der Waals surface area contributed by atoms with Crippen LogP contribution in [0.5, 0.6) is 0 Å². The number of carboxylic acid groups (broad SMARTS) is 1. The number of carbonyl (C=O) groups is 2. The SMILES string of the molecule is CC(C)(C)OC(=O)NCCC#Cc1ccc(C(=O)O)cc1. The van der Waals surface area contributed by atoms with E-state index in [-0.39, 0.29) is 5.56 Å². The van der Waals surface area contributed by atoms with Crippen LogP contribution in [0.4, 0.5) is 4.79 Å². The maximum Gasteiger partial charge on any atom is 0.407 e. The molecule has 5 nitrogen and oxygen atoms in total. The van der Waals surface area contributed by atoms with Gasteiger partial charge in [-0.05, 0) is 45.0 Å². The molecule has 0 aliphatic carbocycles. The smallest absolute Gasteiger partial charge is 0.407 e. The van der Waals surface area contributed by atoms with Gasteiger partial charge in [0.05, 0.1) is 5.56 Å². The molecule has 0 fully saturated rings. The maximum atomic E-state index is 11.4. The lowest BCUT2D eigenvalue weighted by molar-refractivity contribution is 0.0528. The molecule has 21 heavy (non-hydrogen) atoms. The highest BCUT2D eigenvalue weighted by atomic mass is 16.6. The quantitative estimate of drug-likeness (QED) is 0.662. The fourth-order valence-electron chi connectivity index (χ4n) is 1.40. The van der Waals surface area contributed by atoms with Crippen molar-refractivity contribution < 1.29 is 19.4 Å². The average molecular weight is 289 g/mol. The van der Waals surface area contributed by atoms with Crippen LogP contribution in [0, 0.1) is 11.8 Å². The highest BCUT2D eigenvalue weighted by Gasteiger charge is 2.15. The molecule has 1 aromatic rings. The summed E-state index contributed by atoms with van der Waals surface area (Å²) in [6.07, 6.45) is 0.0232. The number of ether oxygens (including phenoxy) is 1. The van der Waals surface area contributed by atoms with E-state index < -0.39 is 17.7 Å². The van der Waals surface area contributed by atoms with Crippen LogP contribution < -0.4 is 5.32 Å². The van der Waals surface area contributed by atoms with Gasteiger partial charge in [0.15, 0.2) is 0 Å². The first-order valence-electron chi connectivity index (χ1n) is 6.57. The van der Waals surface area contributed by atoms with E-state index in [1.807, 2.05) is 0 Å². The number of amides is 1. The Morgan fingerprint density at radius 3 is 2.38 bits per heavy atom. The molecule has 112 valence electrons. The first-order valence-corrected chi connectivity index (χ1v) is 6.57. The van der Waals surface area contributed by atoms with Gasteiger partial charge >= 0.3 is 12.1 Å². The zero-order valence-corrected chi connectivity index (χ0v) is 12.4. The number of nitrogens with one attached hydrogen (secondary N) is 1. The van der Waals surface area contributed by atoms with Crippen LogP contribution in [0.3, 0.4) is 0 Å². The highest BCUT2D eigenvalue weighted by molar-refractivity contribution is 5.87. The van der Waals surface area contributed by atoms with Crippen molar-refractivity contribution in [3.63, 3.8) is 0 Å². The molecule has 0 saturated heterocycles. The maximum absolute atomic E-state index is 11.4. The summed E-state index contributed by atoms with van der Waals surface area (Å²) in [6, 6.07) is 6.31. The van der Waals surface area contributed by atoms with Crippen LogP contribution in [0.15, 0.2) is 24.3 Å². The summed E-state index contributed by atoms with van der Waals surface area (Å²) in [7, 11) is 0. The van der Waals surface area contributed by atoms with Crippen molar-refractivity contribution in [3.05, 3.63) is 35.4 Å². The lowest BCUT2D eigenvalue weighted by atomic mass is 10.1. The van der Waals surface area contributed by atoms with Crippen molar-refractivity contribution in [3.8, 4) is 11.8 Å². The summed E-state index contributed by atoms with van der Waals surface area (Å²) in [4.78, 5) is 22.0. The molecule has 0 aliphatic heterocycles. The van der Waals surface area contributed by atoms with E-state index >= 15 is 0 Å². The molecule has 0 aliphatic rings. The monoisotopic (exact) mass is 289 g/mol. The Hall–Kier alpha value is -2.48. The van der Waals surface area contributed by atoms with Gasteiger partial charge in [0.25, 0.3) is 0 Å². The molecule has 0 heterocycles. The third kappa shape index (κ3) is 7.02. The Kier molecular flexibility index (Phi) is 5.79. The van der Waals surface area contributed by atoms with Gasteiger partial charge in [-0.1, -0.05) is 11.8 Å². The van der Waals surface area contributed by atoms with Crippen molar-refractivity contribution in [1.29, 1.82) is 0 Å². The minimum atomic E-state index is -0.962. The van der Waals surface area contributed by atoms with Crippen LogP contribution in [0.1, 0.15) is 43.1 Å². The standard InChI is InChI=1S/C16H19NO4/c1-16(2,3)21-15(20)17-11-5-4-6-12-7-9-13(10-8-12)14(18)19/h7-10H,5,11H2,1-3H3,(H,17,20)(H,18,19). The molecular weight excluding hydrogens is 270 g/mol. The molecule has 1 amide bonds. The second-order valence-corrected chi connectivity index (χ2v) is 5.36. The van der Waals surface area contributed by atoms with Crippen LogP contribution >= 0.6 is 0 Å². The van der Waals surface area contributed by atoms with E-state index in [4.69, 9.17) is 9.84 Å². The third-order valence-electron chi connectivity index (χ3n) is 2.28. The molecule has 0 saturated carbocycles. The van der Waals surface area contributed by atoms with Crippen molar-refractivity contribution in [2.45, 2.75) is 32.8 Å². The van der Waals surface area contributed by atoms with E-state index in [1.165, 1.54) is 12.1 Å². The summed E-state index contributed by atoms with van der Waals surface area (Å²) in [5.74, 6) is 4.84. The second-order valence-electron chi connectivity index (χ2n) is 5.36. The zero-order valence-electron chi connectivity index (χ0n) is 12.4. The summed E-state index contributed by atoms with van der Waals surface area (Å²) >= 11 is 0. The summed E-state index contributed by atoms with van der Waals surface area (Å²) in [6.45, 7) is 5.79. The van der Waals surface area contributed by atoms with Gasteiger partial charge in [-0.3, -0.25) is 0 Å². The molecule has 5 heteroatoms. The number of carbonyl (C=O) groups excluding carboxylic acids is 1. The molecule has 1 rings (SSSR count). The number of carboxylic acids is 1. The minimum absolute atomic E-state index is 0.229. The average Bonchev–Trinajstić information content (AvgIpc) is 2.36. The lowest BCUT2D eigenvalue weighted by Gasteiger charge is -2.19. The molecule has 0 spiro atoms. The summed E-state index contributed by atoms with van der Waals surface area (Å²) in [5, 5.41) is 11.4. The van der Waals surface area contributed by atoms with Gasteiger partial charge in [-0.15, -0.1) is 0 Å². The van der Waals surface area contributed by atoms with Crippen molar-refractivity contribution in [2.75, 3.05) is 6.54 Å². The molecule has 0 unspecified atom stereocenters. The number of rotatable bonds is 3. The fourth-order valence-corrected chi connectivity index (χ4v) is 1.40. The Morgan fingerprint density at radius 1 is 1.24 bits per heavy atom. The molecule has 1 aromatic carbocycles. The summed E-state index contributed by atoms with van der Waals surface area (Å²) in [5.41, 5.74) is 0.450. The van der Waals surface area contributed by atoms with Crippen LogP contribution in [-0.2, 0) is 4.74 Å². The Morgan fingerprint density at radius 2 is 1.86 bits per heavy atom. The number of alkyl carbamates (subject to hydrolysis) is 1. The second kappa shape index (κ2) is 7.34. The normalized spacial score (nSPS) is 10.2. The van der Waals surface area contributed by atoms with Crippen molar-refractivity contribution in [2.24, 2.45) is 0 Å². The largest absolute Gasteiger partial charge is 0.478 e. The molecular formula is C16H19NO4. The van der Waals surface area contributed by atoms with E-state index in [9.17, 15) is 9.59 Å². The number of benzene rings is 1. The van der Waals surface area contributed by atoms with Gasteiger partial charge in [0.2, 0.25) is 0 Å². The Balaban J connectivity index is 2.36. The van der Waals surface area contributed by atoms with Crippen LogP contribution in [0.2, 0.25) is 0 Å². The molecule has 0 bridgehead atoms. The van der Waals surface area contributed by atoms with E-state index in [2.05, 4.69) is 17.2 Å². The summed E-state index contributed by atoms with van der Waals surface area (Å²) < 4.78 is 5.08. The molecule has 2 N–H and O–H groups in total. The van der Waals surface area contributed by atoms with Gasteiger partial charge in [0.1, 0.15) is 5.60 Å². The minimum Gasteiger partial charge on any atom is -0.478 e. The van der Waals surface area contributed by atoms with Gasteiger partial charge in [-0.25, -0.2) is 9.59 Å². The Bertz CT molecular complexity index is 559. The van der Waals surface area contributed by atoms with E-state index in [1.54, 1.807) is 32.9 Å². The van der Waals surface area contributed by atoms with E-state index in [0.717, 1.165) is 5.56 Å². The molecule has 0 aromatic heterocycles. The van der Waals surface area contributed by atoms with E-state index in [0.29, 0.717) is 13.0 Å². The molecule has 0 atom stereocenters. The van der Waals surface area contributed by atoms with Crippen molar-refractivity contribution >= 4 is 12.1 Å². The van der Waals surface area contributed by atoms with Gasteiger partial charge < -0.3 is 15.2 Å². The lowest BCUT2D eigenvalue weighted by Crippen LogP contribution is -2.32. The highest BCUT2D eigenvalue weighted by Crippen LogP contribution is 2.06. The van der Waals surface area contributed by atoms with Gasteiger partial charge in [0, 0.05) is 18.5 Å². The number of aromatic carboxylic acids is 1. The number of hydrogen-bond acceptors (Lipinski definition) is 3. The van der Waals surface area contributed by atoms with Crippen molar-refractivity contribution in [1.82, 2.24) is 5.32 Å². The predicted molar refractivity (Wildman–Crippen MR) is 79.1 cm³/mol. The molecule has 0 radical (unpaired) electrons. The Labute approximate surface area is 124 Å².